The smallest absolute Gasteiger partial charge is 0.242 e. The van der Waals surface area contributed by atoms with Crippen molar-refractivity contribution in [2.24, 2.45) is 0 Å². The van der Waals surface area contributed by atoms with Crippen LogP contribution in [0.3, 0.4) is 0 Å². The summed E-state index contributed by atoms with van der Waals surface area (Å²) in [6.07, 6.45) is 0.825. The molecule has 1 aliphatic heterocycles. The molecule has 0 aliphatic carbocycles. The number of ether oxygens (including phenoxy) is 1. The molecular weight excluding hydrogens is 364 g/mol. The van der Waals surface area contributed by atoms with E-state index in [1.165, 1.54) is 24.5 Å². The number of carbonyl (C=O) groups is 2. The Morgan fingerprint density at radius 1 is 1.22 bits per heavy atom. The van der Waals surface area contributed by atoms with Crippen LogP contribution in [-0.2, 0) is 22.6 Å². The molecule has 0 atom stereocenters. The number of rotatable bonds is 4. The number of hydrogen-bond donors (Lipinski definition) is 0. The number of nitrogens with zero attached hydrogens (tertiary/aromatic N) is 2. The van der Waals surface area contributed by atoms with E-state index >= 15 is 0 Å². The van der Waals surface area contributed by atoms with Crippen molar-refractivity contribution in [3.05, 3.63) is 58.1 Å². The van der Waals surface area contributed by atoms with Crippen LogP contribution in [0.1, 0.15) is 23.6 Å². The molecular formula is C21H23ClN2O3. The van der Waals surface area contributed by atoms with Gasteiger partial charge in [-0.25, -0.2) is 0 Å². The molecule has 27 heavy (non-hydrogen) atoms. The second kappa shape index (κ2) is 8.01. The minimum Gasteiger partial charge on any atom is -0.495 e. The molecule has 142 valence electrons. The van der Waals surface area contributed by atoms with Gasteiger partial charge in [-0.05, 0) is 36.1 Å². The molecule has 1 aliphatic rings. The molecule has 2 aromatic rings. The maximum Gasteiger partial charge on any atom is 0.242 e. The Morgan fingerprint density at radius 2 is 1.93 bits per heavy atom. The highest BCUT2D eigenvalue weighted by atomic mass is 35.5. The standard InChI is InChI=1S/C21H23ClN2O3/c1-14-10-19(20(27-3)11-18(14)22)24(15(2)25)13-21(26)23-9-8-16-6-4-5-7-17(16)12-23/h4-7,10-11H,8-9,12-13H2,1-3H3. The van der Waals surface area contributed by atoms with Crippen LogP contribution in [0.2, 0.25) is 5.02 Å². The number of halogens is 1. The summed E-state index contributed by atoms with van der Waals surface area (Å²) in [5.41, 5.74) is 3.81. The van der Waals surface area contributed by atoms with Crippen LogP contribution in [0.5, 0.6) is 5.75 Å². The van der Waals surface area contributed by atoms with Crippen LogP contribution in [0.25, 0.3) is 0 Å². The lowest BCUT2D eigenvalue weighted by molar-refractivity contribution is -0.132. The van der Waals surface area contributed by atoms with Crippen LogP contribution < -0.4 is 9.64 Å². The van der Waals surface area contributed by atoms with Crippen molar-refractivity contribution in [2.45, 2.75) is 26.8 Å². The molecule has 0 bridgehead atoms. The summed E-state index contributed by atoms with van der Waals surface area (Å²) in [6.45, 7) is 4.49. The number of anilines is 1. The molecule has 2 amide bonds. The predicted molar refractivity (Wildman–Crippen MR) is 106 cm³/mol. The van der Waals surface area contributed by atoms with Crippen molar-refractivity contribution in [1.82, 2.24) is 4.90 Å². The maximum atomic E-state index is 12.9. The predicted octanol–water partition coefficient (Wildman–Crippen LogP) is 3.59. The Bertz CT molecular complexity index is 882. The highest BCUT2D eigenvalue weighted by Crippen LogP contribution is 2.34. The van der Waals surface area contributed by atoms with E-state index in [-0.39, 0.29) is 18.4 Å². The molecule has 0 N–H and O–H groups in total. The molecule has 2 aromatic carbocycles. The van der Waals surface area contributed by atoms with Gasteiger partial charge in [-0.2, -0.15) is 0 Å². The molecule has 0 radical (unpaired) electrons. The highest BCUT2D eigenvalue weighted by Gasteiger charge is 2.26. The molecule has 0 fully saturated rings. The van der Waals surface area contributed by atoms with E-state index in [4.69, 9.17) is 16.3 Å². The Hall–Kier alpha value is -2.53. The summed E-state index contributed by atoms with van der Waals surface area (Å²) < 4.78 is 5.38. The average molecular weight is 387 g/mol. The van der Waals surface area contributed by atoms with Crippen LogP contribution in [0.15, 0.2) is 36.4 Å². The minimum atomic E-state index is -0.221. The topological polar surface area (TPSA) is 49.9 Å². The molecule has 5 nitrogen and oxygen atoms in total. The Labute approximate surface area is 164 Å². The van der Waals surface area contributed by atoms with Gasteiger partial charge in [0.1, 0.15) is 12.3 Å². The Morgan fingerprint density at radius 3 is 2.59 bits per heavy atom. The summed E-state index contributed by atoms with van der Waals surface area (Å²) >= 11 is 6.17. The minimum absolute atomic E-state index is 0.0328. The normalized spacial score (nSPS) is 13.1. The number of aryl methyl sites for hydroxylation is 1. The lowest BCUT2D eigenvalue weighted by Crippen LogP contribution is -2.44. The lowest BCUT2D eigenvalue weighted by atomic mass is 10.00. The summed E-state index contributed by atoms with van der Waals surface area (Å²) in [7, 11) is 1.52. The van der Waals surface area contributed by atoms with Crippen LogP contribution in [-0.4, -0.2) is 36.9 Å². The van der Waals surface area contributed by atoms with E-state index in [2.05, 4.69) is 6.07 Å². The first-order valence-electron chi connectivity index (χ1n) is 8.87. The monoisotopic (exact) mass is 386 g/mol. The van der Waals surface area contributed by atoms with Gasteiger partial charge in [-0.3, -0.25) is 14.5 Å². The van der Waals surface area contributed by atoms with E-state index in [0.29, 0.717) is 29.5 Å². The highest BCUT2D eigenvalue weighted by molar-refractivity contribution is 6.31. The van der Waals surface area contributed by atoms with Crippen LogP contribution >= 0.6 is 11.6 Å². The van der Waals surface area contributed by atoms with Gasteiger partial charge >= 0.3 is 0 Å². The van der Waals surface area contributed by atoms with Gasteiger partial charge in [-0.15, -0.1) is 0 Å². The fourth-order valence-electron chi connectivity index (χ4n) is 3.33. The van der Waals surface area contributed by atoms with Crippen molar-refractivity contribution >= 4 is 29.1 Å². The Balaban J connectivity index is 1.83. The molecule has 0 saturated carbocycles. The third kappa shape index (κ3) is 4.08. The molecule has 0 saturated heterocycles. The SMILES string of the molecule is COc1cc(Cl)c(C)cc1N(CC(=O)N1CCc2ccccc2C1)C(C)=O. The third-order valence-corrected chi connectivity index (χ3v) is 5.31. The molecule has 3 rings (SSSR count). The second-order valence-electron chi connectivity index (χ2n) is 6.71. The largest absolute Gasteiger partial charge is 0.495 e. The van der Waals surface area contributed by atoms with Gasteiger partial charge in [0.05, 0.1) is 12.8 Å². The molecule has 1 heterocycles. The first-order chi connectivity index (χ1) is 12.9. The van der Waals surface area contributed by atoms with Crippen molar-refractivity contribution in [2.75, 3.05) is 25.1 Å². The van der Waals surface area contributed by atoms with E-state index < -0.39 is 0 Å². The zero-order chi connectivity index (χ0) is 19.6. The quantitative estimate of drug-likeness (QED) is 0.806. The summed E-state index contributed by atoms with van der Waals surface area (Å²) in [5.74, 6) is 0.160. The first kappa shape index (κ1) is 19.2. The van der Waals surface area contributed by atoms with Crippen molar-refractivity contribution in [3.63, 3.8) is 0 Å². The van der Waals surface area contributed by atoms with Crippen LogP contribution in [0, 0.1) is 6.92 Å². The third-order valence-electron chi connectivity index (χ3n) is 4.91. The molecule has 0 spiro atoms. The maximum absolute atomic E-state index is 12.9. The number of methoxy groups -OCH3 is 1. The van der Waals surface area contributed by atoms with Gasteiger partial charge in [0.25, 0.3) is 0 Å². The van der Waals surface area contributed by atoms with E-state index in [1.807, 2.05) is 25.1 Å². The fourth-order valence-corrected chi connectivity index (χ4v) is 3.49. The molecule has 0 unspecified atom stereocenters. The van der Waals surface area contributed by atoms with E-state index in [9.17, 15) is 9.59 Å². The van der Waals surface area contributed by atoms with Gasteiger partial charge in [0, 0.05) is 31.1 Å². The lowest BCUT2D eigenvalue weighted by Gasteiger charge is -2.31. The number of hydrogen-bond acceptors (Lipinski definition) is 3. The average Bonchev–Trinajstić information content (AvgIpc) is 2.67. The summed E-state index contributed by atoms with van der Waals surface area (Å²) in [6, 6.07) is 11.6. The number of amides is 2. The van der Waals surface area contributed by atoms with Gasteiger partial charge < -0.3 is 9.64 Å². The zero-order valence-electron chi connectivity index (χ0n) is 15.8. The van der Waals surface area contributed by atoms with Crippen molar-refractivity contribution in [1.29, 1.82) is 0 Å². The van der Waals surface area contributed by atoms with E-state index in [0.717, 1.165) is 17.5 Å². The molecule has 0 aromatic heterocycles. The number of benzene rings is 2. The number of fused-ring (bicyclic) bond motifs is 1. The van der Waals surface area contributed by atoms with Gasteiger partial charge in [-0.1, -0.05) is 35.9 Å². The summed E-state index contributed by atoms with van der Waals surface area (Å²) in [4.78, 5) is 28.5. The number of carbonyl (C=O) groups excluding carboxylic acids is 2. The fraction of sp³-hybridized carbons (Fsp3) is 0.333. The second-order valence-corrected chi connectivity index (χ2v) is 7.12. The van der Waals surface area contributed by atoms with Crippen molar-refractivity contribution < 1.29 is 14.3 Å². The van der Waals surface area contributed by atoms with Crippen molar-refractivity contribution in [3.8, 4) is 5.75 Å². The first-order valence-corrected chi connectivity index (χ1v) is 9.25. The molecule has 6 heteroatoms. The Kier molecular flexibility index (Phi) is 5.71. The zero-order valence-corrected chi connectivity index (χ0v) is 16.5. The summed E-state index contributed by atoms with van der Waals surface area (Å²) in [5, 5.41) is 0.554. The van der Waals surface area contributed by atoms with Gasteiger partial charge in [0.2, 0.25) is 11.8 Å². The van der Waals surface area contributed by atoms with Gasteiger partial charge in [0.15, 0.2) is 0 Å². The van der Waals surface area contributed by atoms with E-state index in [1.54, 1.807) is 17.0 Å². The van der Waals surface area contributed by atoms with Crippen LogP contribution in [0.4, 0.5) is 5.69 Å².